The van der Waals surface area contributed by atoms with Gasteiger partial charge >= 0.3 is 5.97 Å². The second-order valence-corrected chi connectivity index (χ2v) is 6.36. The van der Waals surface area contributed by atoms with Crippen LogP contribution in [0.2, 0.25) is 0 Å². The standard InChI is InChI=1S/C22H20N2O4/c1-14(28-22(27)18-8-5-9-19(13-18)23-15(2)25)21(26)24-20-11-10-16-6-3-4-7-17(16)12-20/h3-14H,1-2H3,(H,23,25)(H,24,26)/t14-/m0/s1. The van der Waals surface area contributed by atoms with Crippen LogP contribution in [-0.4, -0.2) is 23.9 Å². The van der Waals surface area contributed by atoms with E-state index in [9.17, 15) is 14.4 Å². The Morgan fingerprint density at radius 1 is 0.821 bits per heavy atom. The minimum absolute atomic E-state index is 0.242. The fraction of sp³-hybridized carbons (Fsp3) is 0.136. The van der Waals surface area contributed by atoms with Gasteiger partial charge in [0.1, 0.15) is 0 Å². The lowest BCUT2D eigenvalue weighted by Crippen LogP contribution is -2.30. The molecule has 0 aliphatic heterocycles. The Labute approximate surface area is 162 Å². The molecular weight excluding hydrogens is 356 g/mol. The minimum Gasteiger partial charge on any atom is -0.449 e. The molecule has 0 spiro atoms. The van der Waals surface area contributed by atoms with Crippen molar-refractivity contribution in [2.45, 2.75) is 20.0 Å². The molecular formula is C22H20N2O4. The van der Waals surface area contributed by atoms with Crippen molar-refractivity contribution in [1.29, 1.82) is 0 Å². The first-order valence-corrected chi connectivity index (χ1v) is 8.80. The summed E-state index contributed by atoms with van der Waals surface area (Å²) in [6.07, 6.45) is -0.983. The number of carbonyl (C=O) groups excluding carboxylic acids is 3. The van der Waals surface area contributed by atoms with Crippen molar-refractivity contribution in [1.82, 2.24) is 0 Å². The van der Waals surface area contributed by atoms with Gasteiger partial charge in [-0.25, -0.2) is 4.79 Å². The van der Waals surface area contributed by atoms with E-state index in [4.69, 9.17) is 4.74 Å². The molecule has 6 heteroatoms. The zero-order valence-corrected chi connectivity index (χ0v) is 15.6. The maximum atomic E-state index is 12.4. The summed E-state index contributed by atoms with van der Waals surface area (Å²) in [5.74, 6) is -1.32. The summed E-state index contributed by atoms with van der Waals surface area (Å²) in [5, 5.41) is 7.42. The first-order valence-electron chi connectivity index (χ1n) is 8.80. The van der Waals surface area contributed by atoms with Crippen LogP contribution < -0.4 is 10.6 Å². The number of anilines is 2. The average molecular weight is 376 g/mol. The van der Waals surface area contributed by atoms with Gasteiger partial charge in [-0.05, 0) is 48.0 Å². The Morgan fingerprint density at radius 2 is 1.54 bits per heavy atom. The van der Waals surface area contributed by atoms with Gasteiger partial charge in [-0.3, -0.25) is 9.59 Å². The predicted octanol–water partition coefficient (Wildman–Crippen LogP) is 3.98. The van der Waals surface area contributed by atoms with Crippen molar-refractivity contribution >= 4 is 39.9 Å². The molecule has 0 heterocycles. The molecule has 142 valence electrons. The number of esters is 1. The molecule has 0 unspecified atom stereocenters. The van der Waals surface area contributed by atoms with Crippen LogP contribution in [0, 0.1) is 0 Å². The van der Waals surface area contributed by atoms with Gasteiger partial charge in [0.25, 0.3) is 5.91 Å². The van der Waals surface area contributed by atoms with Crippen LogP contribution in [-0.2, 0) is 14.3 Å². The van der Waals surface area contributed by atoms with Crippen LogP contribution in [0.3, 0.4) is 0 Å². The van der Waals surface area contributed by atoms with E-state index in [1.54, 1.807) is 24.3 Å². The van der Waals surface area contributed by atoms with Gasteiger partial charge in [-0.1, -0.05) is 36.4 Å². The molecule has 3 aromatic rings. The molecule has 0 bridgehead atoms. The van der Waals surface area contributed by atoms with Gasteiger partial charge in [0.05, 0.1) is 5.56 Å². The van der Waals surface area contributed by atoms with E-state index in [0.717, 1.165) is 10.8 Å². The monoisotopic (exact) mass is 376 g/mol. The lowest BCUT2D eigenvalue weighted by Gasteiger charge is -2.14. The smallest absolute Gasteiger partial charge is 0.338 e. The number of ether oxygens (including phenoxy) is 1. The molecule has 0 saturated heterocycles. The number of rotatable bonds is 5. The van der Waals surface area contributed by atoms with E-state index in [1.165, 1.54) is 19.9 Å². The summed E-state index contributed by atoms with van der Waals surface area (Å²) in [4.78, 5) is 35.8. The number of amides is 2. The summed E-state index contributed by atoms with van der Waals surface area (Å²) in [6.45, 7) is 2.89. The van der Waals surface area contributed by atoms with Crippen LogP contribution in [0.4, 0.5) is 11.4 Å². The highest BCUT2D eigenvalue weighted by Gasteiger charge is 2.19. The number of hydrogen-bond donors (Lipinski definition) is 2. The molecule has 3 aromatic carbocycles. The van der Waals surface area contributed by atoms with E-state index in [-0.39, 0.29) is 11.5 Å². The first kappa shape index (κ1) is 19.1. The SMILES string of the molecule is CC(=O)Nc1cccc(C(=O)O[C@@H](C)C(=O)Nc2ccc3ccccc3c2)c1. The van der Waals surface area contributed by atoms with Crippen molar-refractivity contribution in [3.05, 3.63) is 72.3 Å². The number of benzene rings is 3. The Bertz CT molecular complexity index is 1050. The third-order valence-corrected chi connectivity index (χ3v) is 4.09. The van der Waals surface area contributed by atoms with Gasteiger partial charge in [0, 0.05) is 18.3 Å². The Hall–Kier alpha value is -3.67. The molecule has 2 amide bonds. The molecule has 0 aliphatic rings. The maximum Gasteiger partial charge on any atom is 0.338 e. The third-order valence-electron chi connectivity index (χ3n) is 4.09. The van der Waals surface area contributed by atoms with Crippen LogP contribution >= 0.6 is 0 Å². The highest BCUT2D eigenvalue weighted by Crippen LogP contribution is 2.19. The lowest BCUT2D eigenvalue weighted by atomic mass is 10.1. The predicted molar refractivity (Wildman–Crippen MR) is 108 cm³/mol. The Kier molecular flexibility index (Phi) is 5.69. The van der Waals surface area contributed by atoms with Crippen molar-refractivity contribution in [2.75, 3.05) is 10.6 Å². The molecule has 3 rings (SSSR count). The molecule has 0 aliphatic carbocycles. The van der Waals surface area contributed by atoms with Crippen LogP contribution in [0.15, 0.2) is 66.7 Å². The number of carbonyl (C=O) groups is 3. The number of nitrogens with one attached hydrogen (secondary N) is 2. The number of fused-ring (bicyclic) bond motifs is 1. The summed E-state index contributed by atoms with van der Waals surface area (Å²) in [5.41, 5.74) is 1.35. The summed E-state index contributed by atoms with van der Waals surface area (Å²) in [7, 11) is 0. The molecule has 0 aromatic heterocycles. The topological polar surface area (TPSA) is 84.5 Å². The van der Waals surface area contributed by atoms with E-state index in [2.05, 4.69) is 10.6 Å². The van der Waals surface area contributed by atoms with Crippen LogP contribution in [0.25, 0.3) is 10.8 Å². The van der Waals surface area contributed by atoms with Crippen LogP contribution in [0.1, 0.15) is 24.2 Å². The summed E-state index contributed by atoms with van der Waals surface area (Å²) in [6, 6.07) is 19.7. The molecule has 6 nitrogen and oxygen atoms in total. The van der Waals surface area contributed by atoms with Crippen molar-refractivity contribution < 1.29 is 19.1 Å². The Balaban J connectivity index is 1.64. The fourth-order valence-corrected chi connectivity index (χ4v) is 2.72. The van der Waals surface area contributed by atoms with Gasteiger partial charge < -0.3 is 15.4 Å². The van der Waals surface area contributed by atoms with Gasteiger partial charge in [0.15, 0.2) is 6.10 Å². The van der Waals surface area contributed by atoms with Crippen molar-refractivity contribution in [2.24, 2.45) is 0 Å². The third kappa shape index (κ3) is 4.73. The van der Waals surface area contributed by atoms with E-state index >= 15 is 0 Å². The molecule has 2 N–H and O–H groups in total. The lowest BCUT2D eigenvalue weighted by molar-refractivity contribution is -0.123. The summed E-state index contributed by atoms with van der Waals surface area (Å²) < 4.78 is 5.25. The quantitative estimate of drug-likeness (QED) is 0.660. The summed E-state index contributed by atoms with van der Waals surface area (Å²) >= 11 is 0. The average Bonchev–Trinajstić information content (AvgIpc) is 2.67. The van der Waals surface area contributed by atoms with E-state index in [0.29, 0.717) is 11.4 Å². The fourth-order valence-electron chi connectivity index (χ4n) is 2.72. The molecule has 1 atom stereocenters. The zero-order chi connectivity index (χ0) is 20.1. The normalized spacial score (nSPS) is 11.5. The highest BCUT2D eigenvalue weighted by atomic mass is 16.5. The van der Waals surface area contributed by atoms with Crippen molar-refractivity contribution in [3.63, 3.8) is 0 Å². The second-order valence-electron chi connectivity index (χ2n) is 6.36. The van der Waals surface area contributed by atoms with Crippen molar-refractivity contribution in [3.8, 4) is 0 Å². The molecule has 0 saturated carbocycles. The van der Waals surface area contributed by atoms with Gasteiger partial charge in [0.2, 0.25) is 5.91 Å². The molecule has 0 fully saturated rings. The molecule has 28 heavy (non-hydrogen) atoms. The maximum absolute atomic E-state index is 12.4. The first-order chi connectivity index (χ1) is 13.4. The number of hydrogen-bond acceptors (Lipinski definition) is 4. The largest absolute Gasteiger partial charge is 0.449 e. The highest BCUT2D eigenvalue weighted by molar-refractivity contribution is 5.99. The minimum atomic E-state index is -0.983. The van der Waals surface area contributed by atoms with Gasteiger partial charge in [-0.2, -0.15) is 0 Å². The molecule has 0 radical (unpaired) electrons. The zero-order valence-electron chi connectivity index (χ0n) is 15.6. The Morgan fingerprint density at radius 3 is 2.29 bits per heavy atom. The van der Waals surface area contributed by atoms with E-state index in [1.807, 2.05) is 36.4 Å². The van der Waals surface area contributed by atoms with Crippen LogP contribution in [0.5, 0.6) is 0 Å². The second kappa shape index (κ2) is 8.35. The van der Waals surface area contributed by atoms with E-state index < -0.39 is 18.0 Å². The van der Waals surface area contributed by atoms with Gasteiger partial charge in [-0.15, -0.1) is 0 Å².